The lowest BCUT2D eigenvalue weighted by molar-refractivity contribution is -0.147. The molecule has 3 heterocycles. The molecule has 1 fully saturated rings. The summed E-state index contributed by atoms with van der Waals surface area (Å²) in [5, 5.41) is 2.16. The fourth-order valence-electron chi connectivity index (χ4n) is 5.18. The second-order valence-corrected chi connectivity index (χ2v) is 10.2. The van der Waals surface area contributed by atoms with E-state index in [1.165, 1.54) is 21.6 Å². The molecule has 2 aromatic rings. The first-order chi connectivity index (χ1) is 16.9. The minimum atomic E-state index is -0.345. The van der Waals surface area contributed by atoms with E-state index in [9.17, 15) is 14.4 Å². The Labute approximate surface area is 211 Å². The number of esters is 1. The Balaban J connectivity index is 1.41. The highest BCUT2D eigenvalue weighted by Crippen LogP contribution is 2.40. The minimum Gasteiger partial charge on any atom is -0.466 e. The summed E-state index contributed by atoms with van der Waals surface area (Å²) in [4.78, 5) is 45.0. The third-order valence-corrected chi connectivity index (χ3v) is 8.13. The van der Waals surface area contributed by atoms with E-state index in [0.717, 1.165) is 13.0 Å². The Bertz CT molecular complexity index is 1060. The van der Waals surface area contributed by atoms with Crippen molar-refractivity contribution < 1.29 is 19.1 Å². The second kappa shape index (κ2) is 11.4. The van der Waals surface area contributed by atoms with E-state index in [4.69, 9.17) is 4.74 Å². The van der Waals surface area contributed by atoms with Crippen molar-refractivity contribution in [3.05, 3.63) is 57.3 Å². The van der Waals surface area contributed by atoms with E-state index >= 15 is 0 Å². The number of thiophene rings is 1. The van der Waals surface area contributed by atoms with Gasteiger partial charge in [-0.1, -0.05) is 24.3 Å². The number of carbonyl (C=O) groups is 3. The average Bonchev–Trinajstić information content (AvgIpc) is 3.36. The number of piperazine rings is 1. The molecule has 0 unspecified atom stereocenters. The van der Waals surface area contributed by atoms with E-state index in [2.05, 4.69) is 47.5 Å². The lowest BCUT2D eigenvalue weighted by Crippen LogP contribution is -2.56. The third-order valence-electron chi connectivity index (χ3n) is 7.13. The summed E-state index contributed by atoms with van der Waals surface area (Å²) in [6.07, 6.45) is 1.20. The number of ether oxygens (including phenoxy) is 1. The number of nitrogens with zero attached hydrogens (tertiary/aromatic N) is 3. The Morgan fingerprint density at radius 2 is 1.71 bits per heavy atom. The van der Waals surface area contributed by atoms with Crippen LogP contribution in [0.2, 0.25) is 0 Å². The molecule has 2 atom stereocenters. The van der Waals surface area contributed by atoms with Crippen molar-refractivity contribution >= 4 is 29.1 Å². The molecular weight excluding hydrogens is 462 g/mol. The van der Waals surface area contributed by atoms with E-state index < -0.39 is 0 Å². The zero-order valence-corrected chi connectivity index (χ0v) is 21.7. The summed E-state index contributed by atoms with van der Waals surface area (Å²) >= 11 is 1.80. The van der Waals surface area contributed by atoms with Gasteiger partial charge >= 0.3 is 5.97 Å². The van der Waals surface area contributed by atoms with Crippen molar-refractivity contribution in [2.24, 2.45) is 0 Å². The van der Waals surface area contributed by atoms with Crippen LogP contribution >= 0.6 is 11.3 Å². The summed E-state index contributed by atoms with van der Waals surface area (Å²) < 4.78 is 4.91. The largest absolute Gasteiger partial charge is 0.466 e. The van der Waals surface area contributed by atoms with Gasteiger partial charge in [0.1, 0.15) is 0 Å². The molecule has 1 aromatic heterocycles. The Hall–Kier alpha value is -2.71. The number of amides is 2. The molecular formula is C27H35N3O4S. The molecule has 0 bridgehead atoms. The van der Waals surface area contributed by atoms with Crippen LogP contribution in [0.5, 0.6) is 0 Å². The fraction of sp³-hybridized carbons (Fsp3) is 0.519. The normalized spacial score (nSPS) is 19.2. The van der Waals surface area contributed by atoms with Gasteiger partial charge in [0.05, 0.1) is 25.1 Å². The molecule has 2 amide bonds. The van der Waals surface area contributed by atoms with E-state index in [1.807, 2.05) is 11.8 Å². The molecule has 2 aliphatic rings. The maximum absolute atomic E-state index is 13.6. The predicted molar refractivity (Wildman–Crippen MR) is 136 cm³/mol. The van der Waals surface area contributed by atoms with Gasteiger partial charge in [0, 0.05) is 44.0 Å². The van der Waals surface area contributed by atoms with Gasteiger partial charge in [-0.15, -0.1) is 11.3 Å². The quantitative estimate of drug-likeness (QED) is 0.549. The topological polar surface area (TPSA) is 70.2 Å². The molecule has 0 aliphatic carbocycles. The number of hydrogen-bond acceptors (Lipinski definition) is 6. The maximum Gasteiger partial charge on any atom is 0.306 e. The van der Waals surface area contributed by atoms with Crippen LogP contribution < -0.4 is 0 Å². The first-order valence-electron chi connectivity index (χ1n) is 12.5. The van der Waals surface area contributed by atoms with E-state index in [1.54, 1.807) is 23.2 Å². The zero-order valence-electron chi connectivity index (χ0n) is 20.9. The number of carbonyl (C=O) groups excluding carboxylic acids is 3. The predicted octanol–water partition coefficient (Wildman–Crippen LogP) is 3.41. The van der Waals surface area contributed by atoms with Gasteiger partial charge in [-0.05, 0) is 55.3 Å². The van der Waals surface area contributed by atoms with Crippen LogP contribution in [0.4, 0.5) is 0 Å². The van der Waals surface area contributed by atoms with Crippen LogP contribution in [-0.4, -0.2) is 77.9 Å². The second-order valence-electron chi connectivity index (χ2n) is 9.23. The molecule has 35 heavy (non-hydrogen) atoms. The number of aryl methyl sites for hydroxylation is 1. The fourth-order valence-corrected chi connectivity index (χ4v) is 6.08. The summed E-state index contributed by atoms with van der Waals surface area (Å²) in [7, 11) is 0. The van der Waals surface area contributed by atoms with Crippen molar-refractivity contribution in [3.63, 3.8) is 0 Å². The van der Waals surface area contributed by atoms with Crippen molar-refractivity contribution in [1.29, 1.82) is 0 Å². The molecule has 188 valence electrons. The Kier molecular flexibility index (Phi) is 8.23. The van der Waals surface area contributed by atoms with Crippen LogP contribution in [0.15, 0.2) is 35.7 Å². The molecule has 8 heteroatoms. The number of fused-ring (bicyclic) bond motifs is 1. The number of rotatable bonds is 7. The molecule has 4 rings (SSSR count). The van der Waals surface area contributed by atoms with Crippen LogP contribution in [0.3, 0.4) is 0 Å². The van der Waals surface area contributed by atoms with Crippen molar-refractivity contribution in [1.82, 2.24) is 14.7 Å². The summed E-state index contributed by atoms with van der Waals surface area (Å²) in [5.41, 5.74) is 3.80. The highest BCUT2D eigenvalue weighted by Gasteiger charge is 2.37. The van der Waals surface area contributed by atoms with E-state index in [-0.39, 0.29) is 42.7 Å². The number of benzene rings is 1. The standard InChI is InChI=1S/C27H35N3O4S/c1-4-34-25(32)10-9-24(31)28-14-16-29(17-15-28)27(33)20(3)30-13-11-23-22(12-18-35-23)26(30)21-8-6-5-7-19(21)2/h5-8,12,18,20,26H,4,9-11,13-17H2,1-3H3/t20-,26+/m1/s1. The summed E-state index contributed by atoms with van der Waals surface area (Å²) in [5.74, 6) is -0.290. The molecule has 0 saturated carbocycles. The highest BCUT2D eigenvalue weighted by molar-refractivity contribution is 7.10. The molecule has 0 radical (unpaired) electrons. The third kappa shape index (κ3) is 5.59. The molecule has 7 nitrogen and oxygen atoms in total. The molecule has 1 saturated heterocycles. The smallest absolute Gasteiger partial charge is 0.306 e. The van der Waals surface area contributed by atoms with Gasteiger partial charge in [-0.2, -0.15) is 0 Å². The lowest BCUT2D eigenvalue weighted by atomic mass is 9.89. The molecule has 2 aliphatic heterocycles. The van der Waals surface area contributed by atoms with Gasteiger partial charge in [0.25, 0.3) is 0 Å². The van der Waals surface area contributed by atoms with Gasteiger partial charge < -0.3 is 14.5 Å². The SMILES string of the molecule is CCOC(=O)CCC(=O)N1CCN(C(=O)[C@@H](C)N2CCc3sccc3[C@@H]2c2ccccc2C)CC1. The Morgan fingerprint density at radius 3 is 2.43 bits per heavy atom. The zero-order chi connectivity index (χ0) is 24.9. The van der Waals surface area contributed by atoms with Gasteiger partial charge in [-0.25, -0.2) is 0 Å². The first kappa shape index (κ1) is 25.4. The van der Waals surface area contributed by atoms with Gasteiger partial charge in [-0.3, -0.25) is 19.3 Å². The molecule has 0 N–H and O–H groups in total. The maximum atomic E-state index is 13.6. The van der Waals surface area contributed by atoms with Crippen LogP contribution in [-0.2, 0) is 25.5 Å². The molecule has 0 spiro atoms. The van der Waals surface area contributed by atoms with Crippen molar-refractivity contribution in [2.45, 2.75) is 52.1 Å². The average molecular weight is 498 g/mol. The number of hydrogen-bond donors (Lipinski definition) is 0. The lowest BCUT2D eigenvalue weighted by Gasteiger charge is -2.43. The van der Waals surface area contributed by atoms with Crippen LogP contribution in [0.1, 0.15) is 54.3 Å². The highest BCUT2D eigenvalue weighted by atomic mass is 32.1. The van der Waals surface area contributed by atoms with E-state index in [0.29, 0.717) is 32.8 Å². The first-order valence-corrected chi connectivity index (χ1v) is 13.4. The summed E-state index contributed by atoms with van der Waals surface area (Å²) in [6, 6.07) is 10.5. The van der Waals surface area contributed by atoms with Gasteiger partial charge in [0.2, 0.25) is 11.8 Å². The van der Waals surface area contributed by atoms with Crippen molar-refractivity contribution in [2.75, 3.05) is 39.3 Å². The summed E-state index contributed by atoms with van der Waals surface area (Å²) in [6.45, 7) is 9.09. The monoisotopic (exact) mass is 497 g/mol. The minimum absolute atomic E-state index is 0.0566. The van der Waals surface area contributed by atoms with Gasteiger partial charge in [0.15, 0.2) is 0 Å². The van der Waals surface area contributed by atoms with Crippen LogP contribution in [0.25, 0.3) is 0 Å². The Morgan fingerprint density at radius 1 is 1.00 bits per heavy atom. The van der Waals surface area contributed by atoms with Crippen LogP contribution in [0, 0.1) is 6.92 Å². The van der Waals surface area contributed by atoms with Crippen molar-refractivity contribution in [3.8, 4) is 0 Å². The molecule has 1 aromatic carbocycles.